The Kier molecular flexibility index (Phi) is 4.44. The number of ketones is 1. The number of benzene rings is 1. The lowest BCUT2D eigenvalue weighted by Crippen LogP contribution is -2.36. The lowest BCUT2D eigenvalue weighted by Gasteiger charge is -2.17. The van der Waals surface area contributed by atoms with Gasteiger partial charge in [-0.2, -0.15) is 0 Å². The Morgan fingerprint density at radius 2 is 1.47 bits per heavy atom. The number of rotatable bonds is 4. The van der Waals surface area contributed by atoms with Crippen LogP contribution in [0, 0.1) is 13.8 Å². The van der Waals surface area contributed by atoms with Gasteiger partial charge in [0.15, 0.2) is 0 Å². The third-order valence-electron chi connectivity index (χ3n) is 2.73. The van der Waals surface area contributed by atoms with Crippen LogP contribution in [0.1, 0.15) is 35.3 Å². The highest BCUT2D eigenvalue weighted by Gasteiger charge is 2.21. The molecule has 0 saturated heterocycles. The fourth-order valence-electron chi connectivity index (χ4n) is 1.88. The van der Waals surface area contributed by atoms with Crippen LogP contribution < -0.4 is 0 Å². The first-order chi connectivity index (χ1) is 7.99. The molecule has 0 aliphatic carbocycles. The second-order valence-electron chi connectivity index (χ2n) is 4.18. The molecule has 0 aliphatic heterocycles. The van der Waals surface area contributed by atoms with Gasteiger partial charge in [-0.05, 0) is 39.8 Å². The SMILES string of the molecule is CCN(CC)C(=O)C(=O)c1cc(C)cc(C)c1. The summed E-state index contributed by atoms with van der Waals surface area (Å²) in [5, 5.41) is 0. The summed E-state index contributed by atoms with van der Waals surface area (Å²) >= 11 is 0. The van der Waals surface area contributed by atoms with Crippen LogP contribution in [-0.2, 0) is 4.79 Å². The second kappa shape index (κ2) is 5.62. The van der Waals surface area contributed by atoms with Crippen LogP contribution in [0.4, 0.5) is 0 Å². The van der Waals surface area contributed by atoms with Gasteiger partial charge in [0.1, 0.15) is 0 Å². The van der Waals surface area contributed by atoms with E-state index in [0.717, 1.165) is 11.1 Å². The molecular weight excluding hydrogens is 214 g/mol. The summed E-state index contributed by atoms with van der Waals surface area (Å²) in [7, 11) is 0. The Hall–Kier alpha value is -1.64. The van der Waals surface area contributed by atoms with Gasteiger partial charge < -0.3 is 4.90 Å². The Labute approximate surface area is 102 Å². The molecule has 0 saturated carbocycles. The largest absolute Gasteiger partial charge is 0.336 e. The molecule has 0 fully saturated rings. The predicted molar refractivity (Wildman–Crippen MR) is 68.2 cm³/mol. The van der Waals surface area contributed by atoms with Gasteiger partial charge in [0.2, 0.25) is 5.78 Å². The zero-order valence-corrected chi connectivity index (χ0v) is 10.9. The number of aryl methyl sites for hydroxylation is 2. The summed E-state index contributed by atoms with van der Waals surface area (Å²) in [6.07, 6.45) is 0. The zero-order chi connectivity index (χ0) is 13.0. The summed E-state index contributed by atoms with van der Waals surface area (Å²) in [6.45, 7) is 8.71. The molecule has 3 heteroatoms. The molecule has 0 unspecified atom stereocenters. The molecule has 1 aromatic rings. The molecule has 1 aromatic carbocycles. The molecule has 0 bridgehead atoms. The van der Waals surface area contributed by atoms with Gasteiger partial charge in [-0.15, -0.1) is 0 Å². The topological polar surface area (TPSA) is 37.4 Å². The minimum Gasteiger partial charge on any atom is -0.336 e. The second-order valence-corrected chi connectivity index (χ2v) is 4.18. The Bertz CT molecular complexity index is 414. The van der Waals surface area contributed by atoms with E-state index >= 15 is 0 Å². The van der Waals surface area contributed by atoms with Crippen molar-refractivity contribution in [2.45, 2.75) is 27.7 Å². The van der Waals surface area contributed by atoms with Gasteiger partial charge in [-0.3, -0.25) is 9.59 Å². The molecule has 0 atom stereocenters. The number of carbonyl (C=O) groups excluding carboxylic acids is 2. The molecule has 1 amide bonds. The van der Waals surface area contributed by atoms with Crippen molar-refractivity contribution < 1.29 is 9.59 Å². The molecule has 0 spiro atoms. The van der Waals surface area contributed by atoms with Crippen molar-refractivity contribution in [3.8, 4) is 0 Å². The first-order valence-electron chi connectivity index (χ1n) is 5.91. The third-order valence-corrected chi connectivity index (χ3v) is 2.73. The van der Waals surface area contributed by atoms with Crippen molar-refractivity contribution >= 4 is 11.7 Å². The molecule has 1 rings (SSSR count). The Morgan fingerprint density at radius 1 is 1.00 bits per heavy atom. The third kappa shape index (κ3) is 3.16. The van der Waals surface area contributed by atoms with E-state index in [1.807, 2.05) is 33.8 Å². The van der Waals surface area contributed by atoms with E-state index in [1.165, 1.54) is 0 Å². The normalized spacial score (nSPS) is 10.1. The van der Waals surface area contributed by atoms with Crippen molar-refractivity contribution in [1.29, 1.82) is 0 Å². The molecule has 0 heterocycles. The van der Waals surface area contributed by atoms with E-state index in [1.54, 1.807) is 17.0 Å². The number of hydrogen-bond donors (Lipinski definition) is 0. The molecule has 3 nitrogen and oxygen atoms in total. The highest BCUT2D eigenvalue weighted by atomic mass is 16.2. The van der Waals surface area contributed by atoms with Crippen molar-refractivity contribution in [3.63, 3.8) is 0 Å². The summed E-state index contributed by atoms with van der Waals surface area (Å²) in [6, 6.07) is 5.51. The van der Waals surface area contributed by atoms with Crippen LogP contribution in [0.3, 0.4) is 0 Å². The number of nitrogens with zero attached hydrogens (tertiary/aromatic N) is 1. The number of hydrogen-bond acceptors (Lipinski definition) is 2. The molecular formula is C14H19NO2. The maximum Gasteiger partial charge on any atom is 0.294 e. The quantitative estimate of drug-likeness (QED) is 0.591. The number of likely N-dealkylation sites (N-methyl/N-ethyl adjacent to an activating group) is 1. The van der Waals surface area contributed by atoms with Crippen molar-refractivity contribution in [1.82, 2.24) is 4.90 Å². The summed E-state index contributed by atoms with van der Waals surface area (Å²) in [4.78, 5) is 25.5. The van der Waals surface area contributed by atoms with Crippen molar-refractivity contribution in [2.75, 3.05) is 13.1 Å². The van der Waals surface area contributed by atoms with Gasteiger partial charge in [-0.1, -0.05) is 17.2 Å². The number of amides is 1. The molecule has 17 heavy (non-hydrogen) atoms. The standard InChI is InChI=1S/C14H19NO2/c1-5-15(6-2)14(17)13(16)12-8-10(3)7-11(4)9-12/h7-9H,5-6H2,1-4H3. The molecule has 0 aliphatic rings. The van der Waals surface area contributed by atoms with E-state index < -0.39 is 11.7 Å². The molecule has 0 N–H and O–H groups in total. The van der Waals surface area contributed by atoms with Crippen LogP contribution in [0.2, 0.25) is 0 Å². The van der Waals surface area contributed by atoms with Crippen molar-refractivity contribution in [2.24, 2.45) is 0 Å². The first-order valence-corrected chi connectivity index (χ1v) is 5.91. The lowest BCUT2D eigenvalue weighted by molar-refractivity contribution is -0.126. The highest BCUT2D eigenvalue weighted by molar-refractivity contribution is 6.42. The summed E-state index contributed by atoms with van der Waals surface area (Å²) in [5.74, 6) is -0.833. The molecule has 0 aromatic heterocycles. The van der Waals surface area contributed by atoms with Crippen LogP contribution in [0.5, 0.6) is 0 Å². The zero-order valence-electron chi connectivity index (χ0n) is 10.9. The van der Waals surface area contributed by atoms with Gasteiger partial charge in [0, 0.05) is 18.7 Å². The van der Waals surface area contributed by atoms with Gasteiger partial charge in [-0.25, -0.2) is 0 Å². The summed E-state index contributed by atoms with van der Waals surface area (Å²) < 4.78 is 0. The fraction of sp³-hybridized carbons (Fsp3) is 0.429. The average molecular weight is 233 g/mol. The Balaban J connectivity index is 3.00. The highest BCUT2D eigenvalue weighted by Crippen LogP contribution is 2.10. The molecule has 0 radical (unpaired) electrons. The monoisotopic (exact) mass is 233 g/mol. The van der Waals surface area contributed by atoms with E-state index in [2.05, 4.69) is 0 Å². The number of carbonyl (C=O) groups is 2. The average Bonchev–Trinajstić information content (AvgIpc) is 2.28. The fourth-order valence-corrected chi connectivity index (χ4v) is 1.88. The van der Waals surface area contributed by atoms with Gasteiger partial charge in [0.25, 0.3) is 5.91 Å². The molecule has 92 valence electrons. The lowest BCUT2D eigenvalue weighted by atomic mass is 10.0. The van der Waals surface area contributed by atoms with Crippen LogP contribution in [-0.4, -0.2) is 29.7 Å². The smallest absolute Gasteiger partial charge is 0.294 e. The Morgan fingerprint density at radius 3 is 1.88 bits per heavy atom. The van der Waals surface area contributed by atoms with Gasteiger partial charge >= 0.3 is 0 Å². The van der Waals surface area contributed by atoms with E-state index in [9.17, 15) is 9.59 Å². The summed E-state index contributed by atoms with van der Waals surface area (Å²) in [5.41, 5.74) is 2.49. The van der Waals surface area contributed by atoms with Crippen LogP contribution >= 0.6 is 0 Å². The number of Topliss-reactive ketones (excluding diaryl/α,β-unsaturated/α-hetero) is 1. The maximum atomic E-state index is 12.0. The van der Waals surface area contributed by atoms with Crippen molar-refractivity contribution in [3.05, 3.63) is 34.9 Å². The van der Waals surface area contributed by atoms with Crippen LogP contribution in [0.25, 0.3) is 0 Å². The van der Waals surface area contributed by atoms with E-state index in [-0.39, 0.29) is 0 Å². The predicted octanol–water partition coefficient (Wildman–Crippen LogP) is 2.35. The minimum atomic E-state index is -0.417. The van der Waals surface area contributed by atoms with Gasteiger partial charge in [0.05, 0.1) is 0 Å². The minimum absolute atomic E-state index is 0.416. The van der Waals surface area contributed by atoms with Crippen LogP contribution in [0.15, 0.2) is 18.2 Å². The van der Waals surface area contributed by atoms with E-state index in [0.29, 0.717) is 18.7 Å². The maximum absolute atomic E-state index is 12.0. The first kappa shape index (κ1) is 13.4. The van der Waals surface area contributed by atoms with E-state index in [4.69, 9.17) is 0 Å².